The zero-order chi connectivity index (χ0) is 13.5. The molecule has 1 aromatic carbocycles. The van der Waals surface area contributed by atoms with Crippen molar-refractivity contribution in [2.75, 3.05) is 6.61 Å². The van der Waals surface area contributed by atoms with Crippen LogP contribution in [0.2, 0.25) is 0 Å². The van der Waals surface area contributed by atoms with Crippen molar-refractivity contribution in [2.24, 2.45) is 10.9 Å². The van der Waals surface area contributed by atoms with Gasteiger partial charge in [0.25, 0.3) is 0 Å². The number of rotatable bonds is 5. The van der Waals surface area contributed by atoms with E-state index in [1.165, 1.54) is 0 Å². The Morgan fingerprint density at radius 3 is 2.39 bits per heavy atom. The lowest BCUT2D eigenvalue weighted by Gasteiger charge is -2.16. The van der Waals surface area contributed by atoms with E-state index in [0.29, 0.717) is 6.61 Å². The second-order valence-electron chi connectivity index (χ2n) is 4.52. The van der Waals surface area contributed by atoms with Crippen LogP contribution in [0.3, 0.4) is 0 Å². The van der Waals surface area contributed by atoms with Crippen molar-refractivity contribution >= 4 is 11.7 Å². The fourth-order valence-electron chi connectivity index (χ4n) is 1.66. The molecule has 0 aliphatic rings. The van der Waals surface area contributed by atoms with E-state index in [2.05, 4.69) is 4.99 Å². The Kier molecular flexibility index (Phi) is 5.56. The number of nitrogens with zero attached hydrogens (tertiary/aromatic N) is 1. The highest BCUT2D eigenvalue weighted by molar-refractivity contribution is 5.99. The van der Waals surface area contributed by atoms with Gasteiger partial charge in [0.05, 0.1) is 6.61 Å². The molecule has 0 aliphatic carbocycles. The van der Waals surface area contributed by atoms with Crippen molar-refractivity contribution in [2.45, 2.75) is 33.7 Å². The lowest BCUT2D eigenvalue weighted by molar-refractivity contribution is -0.145. The predicted octanol–water partition coefficient (Wildman–Crippen LogP) is 3.08. The Morgan fingerprint density at radius 1 is 1.28 bits per heavy atom. The molecule has 0 saturated carbocycles. The van der Waals surface area contributed by atoms with Crippen LogP contribution in [0.25, 0.3) is 0 Å². The molecule has 0 radical (unpaired) electrons. The first-order chi connectivity index (χ1) is 8.56. The van der Waals surface area contributed by atoms with E-state index >= 15 is 0 Å². The van der Waals surface area contributed by atoms with E-state index < -0.39 is 6.04 Å². The average Bonchev–Trinajstić information content (AvgIpc) is 2.36. The Balaban J connectivity index is 2.92. The van der Waals surface area contributed by atoms with E-state index in [-0.39, 0.29) is 11.9 Å². The topological polar surface area (TPSA) is 38.7 Å². The Bertz CT molecular complexity index is 410. The molecule has 0 spiro atoms. The molecule has 0 aliphatic heterocycles. The number of aliphatic imine (C=N–C) groups is 1. The van der Waals surface area contributed by atoms with Gasteiger partial charge in [-0.25, -0.2) is 4.79 Å². The summed E-state index contributed by atoms with van der Waals surface area (Å²) >= 11 is 0. The van der Waals surface area contributed by atoms with Gasteiger partial charge in [-0.15, -0.1) is 0 Å². The summed E-state index contributed by atoms with van der Waals surface area (Å²) in [5.74, 6) is -0.120. The smallest absolute Gasteiger partial charge is 0.331 e. The van der Waals surface area contributed by atoms with Crippen molar-refractivity contribution in [3.63, 3.8) is 0 Å². The number of hydrogen-bond acceptors (Lipinski definition) is 3. The molecule has 0 heterocycles. The molecule has 0 N–H and O–H groups in total. The Labute approximate surface area is 109 Å². The predicted molar refractivity (Wildman–Crippen MR) is 73.9 cm³/mol. The number of benzene rings is 1. The lowest BCUT2D eigenvalue weighted by Crippen LogP contribution is -2.28. The highest BCUT2D eigenvalue weighted by Crippen LogP contribution is 2.11. The maximum atomic E-state index is 11.8. The SMILES string of the molecule is CCOC(=O)C(N=C(C)c1ccccc1)C(C)C. The van der Waals surface area contributed by atoms with Crippen LogP contribution in [0.4, 0.5) is 0 Å². The molecule has 1 unspecified atom stereocenters. The van der Waals surface area contributed by atoms with Gasteiger partial charge < -0.3 is 4.74 Å². The van der Waals surface area contributed by atoms with Crippen LogP contribution in [0.1, 0.15) is 33.3 Å². The minimum absolute atomic E-state index is 0.128. The summed E-state index contributed by atoms with van der Waals surface area (Å²) in [6, 6.07) is 9.43. The van der Waals surface area contributed by atoms with E-state index in [1.807, 2.05) is 58.0 Å². The Morgan fingerprint density at radius 2 is 1.89 bits per heavy atom. The second kappa shape index (κ2) is 6.94. The molecule has 0 fully saturated rings. The molecular formula is C15H21NO2. The van der Waals surface area contributed by atoms with Crippen molar-refractivity contribution in [1.82, 2.24) is 0 Å². The third kappa shape index (κ3) is 3.99. The summed E-state index contributed by atoms with van der Waals surface area (Å²) < 4.78 is 5.06. The third-order valence-electron chi connectivity index (χ3n) is 2.68. The van der Waals surface area contributed by atoms with Crippen molar-refractivity contribution in [3.05, 3.63) is 35.9 Å². The lowest BCUT2D eigenvalue weighted by atomic mass is 10.0. The van der Waals surface area contributed by atoms with Gasteiger partial charge in [0.1, 0.15) is 6.04 Å². The molecule has 1 aromatic rings. The molecule has 0 amide bonds. The molecule has 0 aromatic heterocycles. The van der Waals surface area contributed by atoms with Gasteiger partial charge in [0, 0.05) is 5.71 Å². The van der Waals surface area contributed by atoms with Crippen molar-refractivity contribution < 1.29 is 9.53 Å². The summed E-state index contributed by atoms with van der Waals surface area (Å²) in [5.41, 5.74) is 1.90. The fraction of sp³-hybridized carbons (Fsp3) is 0.467. The third-order valence-corrected chi connectivity index (χ3v) is 2.68. The van der Waals surface area contributed by atoms with Crippen LogP contribution in [-0.4, -0.2) is 24.3 Å². The second-order valence-corrected chi connectivity index (χ2v) is 4.52. The maximum absolute atomic E-state index is 11.8. The average molecular weight is 247 g/mol. The molecule has 1 atom stereocenters. The number of carbonyl (C=O) groups is 1. The monoisotopic (exact) mass is 247 g/mol. The zero-order valence-corrected chi connectivity index (χ0v) is 11.5. The summed E-state index contributed by atoms with van der Waals surface area (Å²) in [5, 5.41) is 0. The fourth-order valence-corrected chi connectivity index (χ4v) is 1.66. The van der Waals surface area contributed by atoms with Crippen LogP contribution in [0.5, 0.6) is 0 Å². The Hall–Kier alpha value is -1.64. The van der Waals surface area contributed by atoms with Crippen LogP contribution >= 0.6 is 0 Å². The molecular weight excluding hydrogens is 226 g/mol. The number of esters is 1. The van der Waals surface area contributed by atoms with Crippen LogP contribution < -0.4 is 0 Å². The first kappa shape index (κ1) is 14.4. The zero-order valence-electron chi connectivity index (χ0n) is 11.5. The van der Waals surface area contributed by atoms with E-state index in [1.54, 1.807) is 0 Å². The van der Waals surface area contributed by atoms with Gasteiger partial charge in [0.15, 0.2) is 0 Å². The van der Waals surface area contributed by atoms with Crippen LogP contribution in [0, 0.1) is 5.92 Å². The van der Waals surface area contributed by atoms with E-state index in [0.717, 1.165) is 11.3 Å². The van der Waals surface area contributed by atoms with Crippen LogP contribution in [0.15, 0.2) is 35.3 Å². The van der Waals surface area contributed by atoms with Gasteiger partial charge in [-0.3, -0.25) is 4.99 Å². The van der Waals surface area contributed by atoms with Gasteiger partial charge >= 0.3 is 5.97 Å². The number of carbonyl (C=O) groups excluding carboxylic acids is 1. The first-order valence-electron chi connectivity index (χ1n) is 6.32. The molecule has 0 bridgehead atoms. The van der Waals surface area contributed by atoms with E-state index in [9.17, 15) is 4.79 Å². The normalized spacial score (nSPS) is 13.5. The van der Waals surface area contributed by atoms with Gasteiger partial charge in [-0.1, -0.05) is 44.2 Å². The van der Waals surface area contributed by atoms with Crippen molar-refractivity contribution in [3.8, 4) is 0 Å². The standard InChI is InChI=1S/C15H21NO2/c1-5-18-15(17)14(11(2)3)16-12(4)13-9-7-6-8-10-13/h6-11,14H,5H2,1-4H3. The van der Waals surface area contributed by atoms with Gasteiger partial charge in [-0.2, -0.15) is 0 Å². The summed E-state index contributed by atoms with van der Waals surface area (Å²) in [4.78, 5) is 16.3. The highest BCUT2D eigenvalue weighted by Gasteiger charge is 2.22. The number of hydrogen-bond donors (Lipinski definition) is 0. The minimum atomic E-state index is -0.426. The maximum Gasteiger partial charge on any atom is 0.331 e. The first-order valence-corrected chi connectivity index (χ1v) is 6.32. The van der Waals surface area contributed by atoms with E-state index in [4.69, 9.17) is 4.74 Å². The summed E-state index contributed by atoms with van der Waals surface area (Å²) in [7, 11) is 0. The minimum Gasteiger partial charge on any atom is -0.464 e. The summed E-state index contributed by atoms with van der Waals surface area (Å²) in [6.45, 7) is 8.07. The molecule has 3 heteroatoms. The van der Waals surface area contributed by atoms with Crippen molar-refractivity contribution in [1.29, 1.82) is 0 Å². The van der Waals surface area contributed by atoms with Gasteiger partial charge in [-0.05, 0) is 25.3 Å². The highest BCUT2D eigenvalue weighted by atomic mass is 16.5. The molecule has 3 nitrogen and oxygen atoms in total. The van der Waals surface area contributed by atoms with Crippen LogP contribution in [-0.2, 0) is 9.53 Å². The molecule has 0 saturated heterocycles. The number of ether oxygens (including phenoxy) is 1. The quantitative estimate of drug-likeness (QED) is 0.592. The molecule has 1 rings (SSSR count). The molecule has 98 valence electrons. The molecule has 18 heavy (non-hydrogen) atoms. The largest absolute Gasteiger partial charge is 0.464 e. The summed E-state index contributed by atoms with van der Waals surface area (Å²) in [6.07, 6.45) is 0. The van der Waals surface area contributed by atoms with Gasteiger partial charge in [0.2, 0.25) is 0 Å².